The summed E-state index contributed by atoms with van der Waals surface area (Å²) in [5.41, 5.74) is 0.661. The molecule has 1 heterocycles. The van der Waals surface area contributed by atoms with Crippen molar-refractivity contribution >= 4 is 23.3 Å². The predicted molar refractivity (Wildman–Crippen MR) is 74.1 cm³/mol. The van der Waals surface area contributed by atoms with Crippen LogP contribution in [-0.4, -0.2) is 36.6 Å². The van der Waals surface area contributed by atoms with Gasteiger partial charge in [-0.05, 0) is 32.0 Å². The molecule has 4 nitrogen and oxygen atoms in total. The van der Waals surface area contributed by atoms with Gasteiger partial charge in [0.25, 0.3) is 0 Å². The number of hydrogen-bond acceptors (Lipinski definition) is 2. The SMILES string of the molecule is CCN(C(=O)Nc1ccccc1Cl)C1CCNC1. The molecule has 0 aliphatic carbocycles. The minimum atomic E-state index is -0.0840. The summed E-state index contributed by atoms with van der Waals surface area (Å²) in [6.45, 7) is 4.53. The maximum Gasteiger partial charge on any atom is 0.322 e. The summed E-state index contributed by atoms with van der Waals surface area (Å²) in [4.78, 5) is 14.1. The summed E-state index contributed by atoms with van der Waals surface area (Å²) in [6.07, 6.45) is 1.00. The van der Waals surface area contributed by atoms with Crippen molar-refractivity contribution in [2.45, 2.75) is 19.4 Å². The van der Waals surface area contributed by atoms with Crippen molar-refractivity contribution in [1.82, 2.24) is 10.2 Å². The van der Waals surface area contributed by atoms with Crippen molar-refractivity contribution in [1.29, 1.82) is 0 Å². The van der Waals surface area contributed by atoms with Crippen LogP contribution < -0.4 is 10.6 Å². The molecule has 0 radical (unpaired) electrons. The quantitative estimate of drug-likeness (QED) is 0.884. The molecule has 18 heavy (non-hydrogen) atoms. The molecule has 2 rings (SSSR count). The first-order valence-electron chi connectivity index (χ1n) is 6.25. The van der Waals surface area contributed by atoms with Crippen LogP contribution in [-0.2, 0) is 0 Å². The van der Waals surface area contributed by atoms with Gasteiger partial charge in [-0.1, -0.05) is 23.7 Å². The normalized spacial score (nSPS) is 18.7. The van der Waals surface area contributed by atoms with Gasteiger partial charge in [0, 0.05) is 19.1 Å². The molecule has 1 aromatic carbocycles. The molecule has 98 valence electrons. The van der Waals surface area contributed by atoms with Gasteiger partial charge in [0.1, 0.15) is 0 Å². The largest absolute Gasteiger partial charge is 0.322 e. The van der Waals surface area contributed by atoms with Gasteiger partial charge < -0.3 is 15.5 Å². The van der Waals surface area contributed by atoms with Gasteiger partial charge >= 0.3 is 6.03 Å². The van der Waals surface area contributed by atoms with Crippen molar-refractivity contribution in [3.63, 3.8) is 0 Å². The van der Waals surface area contributed by atoms with Crippen molar-refractivity contribution in [3.8, 4) is 0 Å². The second-order valence-corrected chi connectivity index (χ2v) is 4.75. The first-order chi connectivity index (χ1) is 8.72. The highest BCUT2D eigenvalue weighted by molar-refractivity contribution is 6.33. The Labute approximate surface area is 112 Å². The molecule has 0 bridgehead atoms. The van der Waals surface area contributed by atoms with E-state index in [-0.39, 0.29) is 12.1 Å². The van der Waals surface area contributed by atoms with E-state index in [2.05, 4.69) is 10.6 Å². The lowest BCUT2D eigenvalue weighted by atomic mass is 10.2. The molecule has 1 atom stereocenters. The third-order valence-electron chi connectivity index (χ3n) is 3.19. The molecule has 0 saturated carbocycles. The molecule has 2 amide bonds. The third-order valence-corrected chi connectivity index (χ3v) is 3.52. The van der Waals surface area contributed by atoms with E-state index in [0.717, 1.165) is 19.5 Å². The number of amides is 2. The number of rotatable bonds is 3. The Morgan fingerprint density at radius 3 is 2.94 bits per heavy atom. The molecule has 5 heteroatoms. The fraction of sp³-hybridized carbons (Fsp3) is 0.462. The number of hydrogen-bond donors (Lipinski definition) is 2. The highest BCUT2D eigenvalue weighted by atomic mass is 35.5. The molecule has 1 aliphatic rings. The average Bonchev–Trinajstić information content (AvgIpc) is 2.87. The van der Waals surface area contributed by atoms with Crippen LogP contribution in [0.3, 0.4) is 0 Å². The van der Waals surface area contributed by atoms with Gasteiger partial charge in [-0.2, -0.15) is 0 Å². The molecule has 1 aromatic rings. The number of nitrogens with zero attached hydrogens (tertiary/aromatic N) is 1. The molecule has 1 unspecified atom stereocenters. The highest BCUT2D eigenvalue weighted by Crippen LogP contribution is 2.21. The summed E-state index contributed by atoms with van der Waals surface area (Å²) < 4.78 is 0. The zero-order valence-electron chi connectivity index (χ0n) is 10.4. The second kappa shape index (κ2) is 6.07. The molecule has 0 aromatic heterocycles. The Bertz CT molecular complexity index is 418. The minimum absolute atomic E-state index is 0.0840. The van der Waals surface area contributed by atoms with Gasteiger partial charge in [-0.3, -0.25) is 0 Å². The number of likely N-dealkylation sites (N-methyl/N-ethyl adjacent to an activating group) is 1. The van der Waals surface area contributed by atoms with Crippen LogP contribution in [0.4, 0.5) is 10.5 Å². The van der Waals surface area contributed by atoms with Crippen molar-refractivity contribution in [2.75, 3.05) is 25.0 Å². The molecule has 1 saturated heterocycles. The van der Waals surface area contributed by atoms with E-state index < -0.39 is 0 Å². The van der Waals surface area contributed by atoms with Gasteiger partial charge in [0.05, 0.1) is 10.7 Å². The highest BCUT2D eigenvalue weighted by Gasteiger charge is 2.25. The van der Waals surface area contributed by atoms with E-state index in [4.69, 9.17) is 11.6 Å². The van der Waals surface area contributed by atoms with Crippen LogP contribution in [0.2, 0.25) is 5.02 Å². The number of halogens is 1. The second-order valence-electron chi connectivity index (χ2n) is 4.34. The molecule has 1 fully saturated rings. The zero-order valence-corrected chi connectivity index (χ0v) is 11.2. The Balaban J connectivity index is 2.03. The van der Waals surface area contributed by atoms with E-state index >= 15 is 0 Å². The lowest BCUT2D eigenvalue weighted by Crippen LogP contribution is -2.43. The van der Waals surface area contributed by atoms with Gasteiger partial charge in [-0.15, -0.1) is 0 Å². The Morgan fingerprint density at radius 2 is 2.33 bits per heavy atom. The Morgan fingerprint density at radius 1 is 1.56 bits per heavy atom. The summed E-state index contributed by atoms with van der Waals surface area (Å²) in [6, 6.07) is 7.47. The lowest BCUT2D eigenvalue weighted by molar-refractivity contribution is 0.196. The number of para-hydroxylation sites is 1. The molecular weight excluding hydrogens is 250 g/mol. The van der Waals surface area contributed by atoms with Crippen molar-refractivity contribution in [2.24, 2.45) is 0 Å². The summed E-state index contributed by atoms with van der Waals surface area (Å²) >= 11 is 6.03. The maximum absolute atomic E-state index is 12.2. The van der Waals surface area contributed by atoms with Crippen LogP contribution >= 0.6 is 11.6 Å². The van der Waals surface area contributed by atoms with E-state index in [0.29, 0.717) is 17.3 Å². The molecular formula is C13H18ClN3O. The Hall–Kier alpha value is -1.26. The van der Waals surface area contributed by atoms with E-state index in [9.17, 15) is 4.79 Å². The van der Waals surface area contributed by atoms with Crippen LogP contribution in [0, 0.1) is 0 Å². The summed E-state index contributed by atoms with van der Waals surface area (Å²) in [5.74, 6) is 0. The first kappa shape index (κ1) is 13.2. The van der Waals surface area contributed by atoms with E-state index in [1.54, 1.807) is 12.1 Å². The number of carbonyl (C=O) groups excluding carboxylic acids is 1. The summed E-state index contributed by atoms with van der Waals surface area (Å²) in [7, 11) is 0. The zero-order chi connectivity index (χ0) is 13.0. The molecule has 0 spiro atoms. The van der Waals surface area contributed by atoms with Crippen molar-refractivity contribution in [3.05, 3.63) is 29.3 Å². The van der Waals surface area contributed by atoms with Gasteiger partial charge in [0.15, 0.2) is 0 Å². The number of nitrogens with one attached hydrogen (secondary N) is 2. The van der Waals surface area contributed by atoms with Gasteiger partial charge in [0.2, 0.25) is 0 Å². The Kier molecular flexibility index (Phi) is 4.44. The number of benzene rings is 1. The fourth-order valence-electron chi connectivity index (χ4n) is 2.22. The van der Waals surface area contributed by atoms with Crippen LogP contribution in [0.5, 0.6) is 0 Å². The molecule has 2 N–H and O–H groups in total. The summed E-state index contributed by atoms with van der Waals surface area (Å²) in [5, 5.41) is 6.70. The third kappa shape index (κ3) is 2.94. The minimum Gasteiger partial charge on any atom is -0.321 e. The molecule has 1 aliphatic heterocycles. The maximum atomic E-state index is 12.2. The van der Waals surface area contributed by atoms with E-state index in [1.165, 1.54) is 0 Å². The topological polar surface area (TPSA) is 44.4 Å². The fourth-order valence-corrected chi connectivity index (χ4v) is 2.41. The van der Waals surface area contributed by atoms with Crippen LogP contribution in [0.1, 0.15) is 13.3 Å². The predicted octanol–water partition coefficient (Wildman–Crippen LogP) is 2.56. The van der Waals surface area contributed by atoms with Gasteiger partial charge in [-0.25, -0.2) is 4.79 Å². The lowest BCUT2D eigenvalue weighted by Gasteiger charge is -2.27. The average molecular weight is 268 g/mol. The standard InChI is InChI=1S/C13H18ClN3O/c1-2-17(10-7-8-15-9-10)13(18)16-12-6-4-3-5-11(12)14/h3-6,10,15H,2,7-9H2,1H3,(H,16,18). The monoisotopic (exact) mass is 267 g/mol. The number of carbonyl (C=O) groups is 1. The first-order valence-corrected chi connectivity index (χ1v) is 6.63. The van der Waals surface area contributed by atoms with Crippen LogP contribution in [0.25, 0.3) is 0 Å². The van der Waals surface area contributed by atoms with Crippen LogP contribution in [0.15, 0.2) is 24.3 Å². The number of anilines is 1. The number of urea groups is 1. The smallest absolute Gasteiger partial charge is 0.321 e. The van der Waals surface area contributed by atoms with Crippen molar-refractivity contribution < 1.29 is 4.79 Å². The van der Waals surface area contributed by atoms with E-state index in [1.807, 2.05) is 24.0 Å².